The summed E-state index contributed by atoms with van der Waals surface area (Å²) in [6.07, 6.45) is 0. The van der Waals surface area contributed by atoms with E-state index in [9.17, 15) is 0 Å². The van der Waals surface area contributed by atoms with Crippen LogP contribution in [-0.4, -0.2) is 23.8 Å². The Labute approximate surface area is 77.1 Å². The third-order valence-corrected chi connectivity index (χ3v) is 2.37. The molecular weight excluding hydrogens is 167 g/mol. The Morgan fingerprint density at radius 1 is 1.31 bits per heavy atom. The summed E-state index contributed by atoms with van der Waals surface area (Å²) in [5.41, 5.74) is 2.04. The Hall–Kier alpha value is -0.835. The average Bonchev–Trinajstić information content (AvgIpc) is 2.17. The lowest BCUT2D eigenvalue weighted by atomic mass is 9.67. The normalized spacial score (nSPS) is 20.9. The summed E-state index contributed by atoms with van der Waals surface area (Å²) >= 11 is 0. The van der Waals surface area contributed by atoms with Crippen LogP contribution in [0.2, 0.25) is 0 Å². The third-order valence-electron chi connectivity index (χ3n) is 2.37. The third kappa shape index (κ3) is 1.61. The summed E-state index contributed by atoms with van der Waals surface area (Å²) in [5.74, 6) is -0.301. The van der Waals surface area contributed by atoms with E-state index in [0.717, 1.165) is 11.1 Å². The van der Waals surface area contributed by atoms with Crippen molar-refractivity contribution in [2.75, 3.05) is 6.61 Å². The second-order valence-corrected chi connectivity index (χ2v) is 3.23. The molecule has 1 aliphatic rings. The Balaban J connectivity index is 2.37. The van der Waals surface area contributed by atoms with Crippen LogP contribution in [0.5, 0.6) is 0 Å². The zero-order valence-corrected chi connectivity index (χ0v) is 7.18. The summed E-state index contributed by atoms with van der Waals surface area (Å²) in [6, 6.07) is 7.69. The molecule has 2 N–H and O–H groups in total. The van der Waals surface area contributed by atoms with Crippen molar-refractivity contribution in [2.45, 2.75) is 12.4 Å². The molecule has 0 saturated carbocycles. The molecular formula is C9H11BO3. The minimum atomic E-state index is -1.33. The largest absolute Gasteiger partial charge is 0.461 e. The van der Waals surface area contributed by atoms with Crippen LogP contribution >= 0.6 is 0 Å². The van der Waals surface area contributed by atoms with Gasteiger partial charge >= 0.3 is 7.12 Å². The molecule has 2 rings (SSSR count). The molecule has 0 bridgehead atoms. The van der Waals surface area contributed by atoms with Gasteiger partial charge in [-0.15, -0.1) is 0 Å². The van der Waals surface area contributed by atoms with Crippen molar-refractivity contribution in [3.63, 3.8) is 0 Å². The molecule has 1 aromatic carbocycles. The second-order valence-electron chi connectivity index (χ2n) is 3.23. The first-order chi connectivity index (χ1) is 6.29. The summed E-state index contributed by atoms with van der Waals surface area (Å²) < 4.78 is 5.25. The fourth-order valence-corrected chi connectivity index (χ4v) is 1.66. The molecule has 0 radical (unpaired) electrons. The van der Waals surface area contributed by atoms with Crippen LogP contribution in [0, 0.1) is 0 Å². The van der Waals surface area contributed by atoms with Gasteiger partial charge in [0.1, 0.15) is 0 Å². The topological polar surface area (TPSA) is 49.7 Å². The highest BCUT2D eigenvalue weighted by Gasteiger charge is 2.29. The maximum atomic E-state index is 9.10. The molecule has 3 nitrogen and oxygen atoms in total. The SMILES string of the molecule is OB(O)C1COCc2ccccc21. The molecule has 0 aromatic heterocycles. The maximum Gasteiger partial charge on any atom is 0.461 e. The molecule has 0 aliphatic carbocycles. The van der Waals surface area contributed by atoms with E-state index in [-0.39, 0.29) is 5.82 Å². The van der Waals surface area contributed by atoms with Gasteiger partial charge < -0.3 is 14.8 Å². The minimum Gasteiger partial charge on any atom is -0.427 e. The molecule has 1 aliphatic heterocycles. The zero-order chi connectivity index (χ0) is 9.26. The number of benzene rings is 1. The number of ether oxygens (including phenoxy) is 1. The van der Waals surface area contributed by atoms with E-state index in [1.165, 1.54) is 0 Å². The van der Waals surface area contributed by atoms with Crippen molar-refractivity contribution in [3.05, 3.63) is 35.4 Å². The predicted octanol–water partition coefficient (Wildman–Crippen LogP) is 0.312. The lowest BCUT2D eigenvalue weighted by Gasteiger charge is -2.24. The quantitative estimate of drug-likeness (QED) is 0.608. The molecule has 0 spiro atoms. The molecule has 13 heavy (non-hydrogen) atoms. The van der Waals surface area contributed by atoms with E-state index >= 15 is 0 Å². The van der Waals surface area contributed by atoms with Crippen LogP contribution in [0.4, 0.5) is 0 Å². The van der Waals surface area contributed by atoms with Crippen LogP contribution in [0.25, 0.3) is 0 Å². The monoisotopic (exact) mass is 178 g/mol. The van der Waals surface area contributed by atoms with Crippen LogP contribution in [0.1, 0.15) is 16.9 Å². The van der Waals surface area contributed by atoms with E-state index in [1.54, 1.807) is 0 Å². The smallest absolute Gasteiger partial charge is 0.427 e. The van der Waals surface area contributed by atoms with Gasteiger partial charge in [0.2, 0.25) is 0 Å². The first-order valence-corrected chi connectivity index (χ1v) is 4.30. The van der Waals surface area contributed by atoms with Crippen LogP contribution < -0.4 is 0 Å². The van der Waals surface area contributed by atoms with Gasteiger partial charge in [0.15, 0.2) is 0 Å². The van der Waals surface area contributed by atoms with E-state index in [2.05, 4.69) is 0 Å². The van der Waals surface area contributed by atoms with Gasteiger partial charge in [-0.2, -0.15) is 0 Å². The molecule has 0 saturated heterocycles. The minimum absolute atomic E-state index is 0.301. The van der Waals surface area contributed by atoms with Crippen molar-refractivity contribution in [2.24, 2.45) is 0 Å². The van der Waals surface area contributed by atoms with Gasteiger partial charge in [0.25, 0.3) is 0 Å². The number of fused-ring (bicyclic) bond motifs is 1. The van der Waals surface area contributed by atoms with Crippen molar-refractivity contribution >= 4 is 7.12 Å². The van der Waals surface area contributed by atoms with Gasteiger partial charge in [-0.1, -0.05) is 24.3 Å². The second kappa shape index (κ2) is 3.50. The fraction of sp³-hybridized carbons (Fsp3) is 0.333. The molecule has 1 aromatic rings. The van der Waals surface area contributed by atoms with E-state index in [4.69, 9.17) is 14.8 Å². The zero-order valence-electron chi connectivity index (χ0n) is 7.18. The van der Waals surface area contributed by atoms with Crippen molar-refractivity contribution < 1.29 is 14.8 Å². The standard InChI is InChI=1S/C9H11BO3/c11-10(12)9-6-13-5-7-3-1-2-4-8(7)9/h1-4,9,11-12H,5-6H2. The number of hydrogen-bond donors (Lipinski definition) is 2. The number of hydrogen-bond acceptors (Lipinski definition) is 3. The van der Waals surface area contributed by atoms with Crippen molar-refractivity contribution in [1.82, 2.24) is 0 Å². The molecule has 0 amide bonds. The first-order valence-electron chi connectivity index (χ1n) is 4.30. The van der Waals surface area contributed by atoms with E-state index < -0.39 is 7.12 Å². The van der Waals surface area contributed by atoms with Gasteiger partial charge in [0.05, 0.1) is 13.2 Å². The fourth-order valence-electron chi connectivity index (χ4n) is 1.66. The van der Waals surface area contributed by atoms with Crippen LogP contribution in [-0.2, 0) is 11.3 Å². The van der Waals surface area contributed by atoms with Gasteiger partial charge in [0, 0.05) is 5.82 Å². The Morgan fingerprint density at radius 2 is 2.08 bits per heavy atom. The average molecular weight is 178 g/mol. The van der Waals surface area contributed by atoms with E-state index in [1.807, 2.05) is 24.3 Å². The lowest BCUT2D eigenvalue weighted by molar-refractivity contribution is 0.0991. The molecule has 1 atom stereocenters. The van der Waals surface area contributed by atoms with Gasteiger partial charge in [-0.25, -0.2) is 0 Å². The molecule has 0 fully saturated rings. The van der Waals surface area contributed by atoms with Gasteiger partial charge in [-0.3, -0.25) is 0 Å². The summed E-state index contributed by atoms with van der Waals surface area (Å²) in [5, 5.41) is 18.2. The van der Waals surface area contributed by atoms with E-state index in [0.29, 0.717) is 13.2 Å². The lowest BCUT2D eigenvalue weighted by Crippen LogP contribution is -2.31. The Morgan fingerprint density at radius 3 is 2.85 bits per heavy atom. The highest BCUT2D eigenvalue weighted by atomic mass is 16.5. The van der Waals surface area contributed by atoms with Gasteiger partial charge in [-0.05, 0) is 11.1 Å². The highest BCUT2D eigenvalue weighted by Crippen LogP contribution is 2.26. The van der Waals surface area contributed by atoms with Crippen LogP contribution in [0.15, 0.2) is 24.3 Å². The predicted molar refractivity (Wildman–Crippen MR) is 49.0 cm³/mol. The molecule has 1 unspecified atom stereocenters. The summed E-state index contributed by atoms with van der Waals surface area (Å²) in [7, 11) is -1.33. The van der Waals surface area contributed by atoms with Crippen molar-refractivity contribution in [1.29, 1.82) is 0 Å². The first kappa shape index (κ1) is 8.75. The maximum absolute atomic E-state index is 9.10. The summed E-state index contributed by atoms with van der Waals surface area (Å²) in [4.78, 5) is 0. The molecule has 68 valence electrons. The molecule has 4 heteroatoms. The summed E-state index contributed by atoms with van der Waals surface area (Å²) in [6.45, 7) is 0.952. The number of rotatable bonds is 1. The highest BCUT2D eigenvalue weighted by molar-refractivity contribution is 6.43. The molecule has 1 heterocycles. The Kier molecular flexibility index (Phi) is 2.35. The van der Waals surface area contributed by atoms with Crippen molar-refractivity contribution in [3.8, 4) is 0 Å². The Bertz CT molecular complexity index is 301. The van der Waals surface area contributed by atoms with Crippen LogP contribution in [0.3, 0.4) is 0 Å².